The SMILES string of the molecule is N#CCCNC(=O)CN1CCN(S(=O)(=O)c2cccnc2)CC1. The maximum absolute atomic E-state index is 12.4. The Morgan fingerprint density at radius 1 is 1.35 bits per heavy atom. The van der Waals surface area contributed by atoms with Gasteiger partial charge in [0.05, 0.1) is 19.0 Å². The highest BCUT2D eigenvalue weighted by Crippen LogP contribution is 2.16. The maximum atomic E-state index is 12.4. The normalized spacial score (nSPS) is 16.7. The van der Waals surface area contributed by atoms with Crippen molar-refractivity contribution in [1.29, 1.82) is 5.26 Å². The molecule has 1 N–H and O–H groups in total. The number of rotatable bonds is 6. The first-order valence-electron chi connectivity index (χ1n) is 7.30. The van der Waals surface area contributed by atoms with Crippen molar-refractivity contribution in [3.05, 3.63) is 24.5 Å². The van der Waals surface area contributed by atoms with Gasteiger partial charge in [0.15, 0.2) is 0 Å². The van der Waals surface area contributed by atoms with Gasteiger partial charge in [0.2, 0.25) is 15.9 Å². The molecule has 23 heavy (non-hydrogen) atoms. The van der Waals surface area contributed by atoms with Crippen molar-refractivity contribution in [2.75, 3.05) is 39.3 Å². The van der Waals surface area contributed by atoms with Crippen molar-refractivity contribution in [2.24, 2.45) is 0 Å². The standard InChI is InChI=1S/C14H19N5O3S/c15-4-2-6-17-14(20)12-18-7-9-19(10-8-18)23(21,22)13-3-1-5-16-11-13/h1,3,5,11H,2,6-10,12H2,(H,17,20). The fraction of sp³-hybridized carbons (Fsp3) is 0.500. The molecular weight excluding hydrogens is 318 g/mol. The molecule has 0 spiro atoms. The van der Waals surface area contributed by atoms with E-state index >= 15 is 0 Å². The second kappa shape index (κ2) is 8.01. The molecule has 1 aromatic rings. The van der Waals surface area contributed by atoms with Crippen LogP contribution in [-0.2, 0) is 14.8 Å². The van der Waals surface area contributed by atoms with Crippen LogP contribution in [-0.4, -0.2) is 67.8 Å². The van der Waals surface area contributed by atoms with Gasteiger partial charge in [-0.15, -0.1) is 0 Å². The third kappa shape index (κ3) is 4.72. The minimum atomic E-state index is -3.52. The summed E-state index contributed by atoms with van der Waals surface area (Å²) in [6.45, 7) is 2.21. The van der Waals surface area contributed by atoms with Crippen LogP contribution in [0.3, 0.4) is 0 Å². The number of aromatic nitrogens is 1. The van der Waals surface area contributed by atoms with Crippen LogP contribution < -0.4 is 5.32 Å². The second-order valence-electron chi connectivity index (χ2n) is 5.13. The number of carbonyl (C=O) groups excluding carboxylic acids is 1. The minimum absolute atomic E-state index is 0.149. The molecule has 8 nitrogen and oxygen atoms in total. The predicted molar refractivity (Wildman–Crippen MR) is 82.7 cm³/mol. The van der Waals surface area contributed by atoms with E-state index in [1.54, 1.807) is 6.07 Å². The third-order valence-electron chi connectivity index (χ3n) is 3.53. The van der Waals surface area contributed by atoms with Crippen molar-refractivity contribution in [3.8, 4) is 6.07 Å². The zero-order chi connectivity index (χ0) is 16.7. The van der Waals surface area contributed by atoms with Crippen LogP contribution in [0.1, 0.15) is 6.42 Å². The molecule has 0 radical (unpaired) electrons. The highest BCUT2D eigenvalue weighted by molar-refractivity contribution is 7.89. The third-order valence-corrected chi connectivity index (χ3v) is 5.41. The molecule has 0 bridgehead atoms. The lowest BCUT2D eigenvalue weighted by atomic mass is 10.3. The van der Waals surface area contributed by atoms with Crippen LogP contribution >= 0.6 is 0 Å². The summed E-state index contributed by atoms with van der Waals surface area (Å²) in [6, 6.07) is 5.08. The summed E-state index contributed by atoms with van der Waals surface area (Å²) >= 11 is 0. The van der Waals surface area contributed by atoms with Gasteiger partial charge in [-0.05, 0) is 12.1 Å². The number of sulfonamides is 1. The van der Waals surface area contributed by atoms with Crippen LogP contribution in [0.5, 0.6) is 0 Å². The zero-order valence-electron chi connectivity index (χ0n) is 12.7. The van der Waals surface area contributed by atoms with Gasteiger partial charge in [-0.1, -0.05) is 0 Å². The van der Waals surface area contributed by atoms with Crippen molar-refractivity contribution in [2.45, 2.75) is 11.3 Å². The number of hydrogen-bond donors (Lipinski definition) is 1. The van der Waals surface area contributed by atoms with E-state index < -0.39 is 10.0 Å². The van der Waals surface area contributed by atoms with Crippen molar-refractivity contribution in [1.82, 2.24) is 19.5 Å². The van der Waals surface area contributed by atoms with E-state index in [9.17, 15) is 13.2 Å². The largest absolute Gasteiger partial charge is 0.354 e. The molecule has 0 unspecified atom stereocenters. The van der Waals surface area contributed by atoms with E-state index in [4.69, 9.17) is 5.26 Å². The van der Waals surface area contributed by atoms with Gasteiger partial charge in [0.25, 0.3) is 0 Å². The van der Waals surface area contributed by atoms with Gasteiger partial charge < -0.3 is 5.32 Å². The summed E-state index contributed by atoms with van der Waals surface area (Å²) in [7, 11) is -3.52. The Balaban J connectivity index is 1.84. The van der Waals surface area contributed by atoms with Crippen LogP contribution in [0, 0.1) is 11.3 Å². The highest BCUT2D eigenvalue weighted by Gasteiger charge is 2.29. The molecule has 1 amide bonds. The van der Waals surface area contributed by atoms with Gasteiger partial charge in [0, 0.05) is 45.1 Å². The molecule has 1 aliphatic rings. The molecule has 124 valence electrons. The Hall–Kier alpha value is -2.02. The summed E-state index contributed by atoms with van der Waals surface area (Å²) in [5, 5.41) is 11.1. The number of pyridine rings is 1. The zero-order valence-corrected chi connectivity index (χ0v) is 13.5. The monoisotopic (exact) mass is 337 g/mol. The molecule has 0 atom stereocenters. The fourth-order valence-electron chi connectivity index (χ4n) is 2.29. The van der Waals surface area contributed by atoms with E-state index in [1.807, 2.05) is 11.0 Å². The molecule has 0 aromatic carbocycles. The van der Waals surface area contributed by atoms with E-state index in [1.165, 1.54) is 22.8 Å². The molecular formula is C14H19N5O3S. The average molecular weight is 337 g/mol. The Bertz CT molecular complexity index is 663. The van der Waals surface area contributed by atoms with E-state index in [0.717, 1.165) is 0 Å². The lowest BCUT2D eigenvalue weighted by Gasteiger charge is -2.33. The Morgan fingerprint density at radius 2 is 2.09 bits per heavy atom. The fourth-order valence-corrected chi connectivity index (χ4v) is 3.68. The summed E-state index contributed by atoms with van der Waals surface area (Å²) in [5.74, 6) is -0.149. The maximum Gasteiger partial charge on any atom is 0.244 e. The lowest BCUT2D eigenvalue weighted by molar-refractivity contribution is -0.122. The molecule has 1 aliphatic heterocycles. The van der Waals surface area contributed by atoms with Gasteiger partial charge in [-0.3, -0.25) is 14.7 Å². The highest BCUT2D eigenvalue weighted by atomic mass is 32.2. The topological polar surface area (TPSA) is 106 Å². The van der Waals surface area contributed by atoms with Gasteiger partial charge in [-0.2, -0.15) is 9.57 Å². The first kappa shape index (κ1) is 17.3. The number of carbonyl (C=O) groups is 1. The smallest absolute Gasteiger partial charge is 0.244 e. The van der Waals surface area contributed by atoms with Crippen LogP contribution in [0.25, 0.3) is 0 Å². The average Bonchev–Trinajstić information content (AvgIpc) is 2.56. The number of amides is 1. The number of piperazine rings is 1. The molecule has 1 fully saturated rings. The molecule has 2 heterocycles. The Kier molecular flexibility index (Phi) is 6.04. The molecule has 1 saturated heterocycles. The molecule has 0 aliphatic carbocycles. The first-order valence-corrected chi connectivity index (χ1v) is 8.74. The van der Waals surface area contributed by atoms with E-state index in [0.29, 0.717) is 32.7 Å². The lowest BCUT2D eigenvalue weighted by Crippen LogP contribution is -2.51. The molecule has 0 saturated carbocycles. The number of nitriles is 1. The Morgan fingerprint density at radius 3 is 2.70 bits per heavy atom. The predicted octanol–water partition coefficient (Wildman–Crippen LogP) is -0.582. The quantitative estimate of drug-likeness (QED) is 0.696. The minimum Gasteiger partial charge on any atom is -0.354 e. The summed E-state index contributed by atoms with van der Waals surface area (Å²) in [6.07, 6.45) is 3.15. The van der Waals surface area contributed by atoms with Gasteiger partial charge in [-0.25, -0.2) is 8.42 Å². The first-order chi connectivity index (χ1) is 11.0. The van der Waals surface area contributed by atoms with Crippen molar-refractivity contribution in [3.63, 3.8) is 0 Å². The van der Waals surface area contributed by atoms with Crippen molar-refractivity contribution < 1.29 is 13.2 Å². The summed E-state index contributed by atoms with van der Waals surface area (Å²) in [4.78, 5) is 17.6. The van der Waals surface area contributed by atoms with Crippen molar-refractivity contribution >= 4 is 15.9 Å². The second-order valence-corrected chi connectivity index (χ2v) is 7.06. The summed E-state index contributed by atoms with van der Waals surface area (Å²) < 4.78 is 26.3. The molecule has 9 heteroatoms. The number of hydrogen-bond acceptors (Lipinski definition) is 6. The van der Waals surface area contributed by atoms with Gasteiger partial charge >= 0.3 is 0 Å². The van der Waals surface area contributed by atoms with Crippen LogP contribution in [0.4, 0.5) is 0 Å². The molecule has 1 aromatic heterocycles. The molecule has 2 rings (SSSR count). The Labute approximate surface area is 135 Å². The number of nitrogens with one attached hydrogen (secondary N) is 1. The van der Waals surface area contributed by atoms with Gasteiger partial charge in [0.1, 0.15) is 4.90 Å². The number of nitrogens with zero attached hydrogens (tertiary/aromatic N) is 4. The van der Waals surface area contributed by atoms with Crippen LogP contribution in [0.15, 0.2) is 29.4 Å². The summed E-state index contributed by atoms with van der Waals surface area (Å²) in [5.41, 5.74) is 0. The van der Waals surface area contributed by atoms with Crippen LogP contribution in [0.2, 0.25) is 0 Å². The van der Waals surface area contributed by atoms with E-state index in [-0.39, 0.29) is 23.8 Å². The van der Waals surface area contributed by atoms with E-state index in [2.05, 4.69) is 10.3 Å².